The van der Waals surface area contributed by atoms with Gasteiger partial charge in [-0.2, -0.15) is 0 Å². The first-order valence-electron chi connectivity index (χ1n) is 9.21. The quantitative estimate of drug-likeness (QED) is 0.421. The lowest BCUT2D eigenvalue weighted by Gasteiger charge is -2.17. The Labute approximate surface area is 168 Å². The first-order chi connectivity index (χ1) is 14.5. The van der Waals surface area contributed by atoms with Crippen LogP contribution in [0.1, 0.15) is 18.5 Å². The van der Waals surface area contributed by atoms with Gasteiger partial charge in [-0.25, -0.2) is 28.1 Å². The van der Waals surface area contributed by atoms with E-state index in [-0.39, 0.29) is 22.0 Å². The normalized spacial score (nSPS) is 12.5. The molecule has 148 valence electrons. The molecule has 0 fully saturated rings. The number of rotatable bonds is 3. The third-order valence-electron chi connectivity index (χ3n) is 5.10. The van der Waals surface area contributed by atoms with Gasteiger partial charge in [0.05, 0.1) is 29.8 Å². The fourth-order valence-corrected chi connectivity index (χ4v) is 3.58. The number of aromatic nitrogens is 5. The van der Waals surface area contributed by atoms with E-state index >= 15 is 4.39 Å². The van der Waals surface area contributed by atoms with Crippen molar-refractivity contribution in [1.82, 2.24) is 24.5 Å². The number of imidazole rings is 1. The van der Waals surface area contributed by atoms with E-state index in [0.717, 1.165) is 0 Å². The van der Waals surface area contributed by atoms with Crippen LogP contribution in [0.25, 0.3) is 33.5 Å². The number of pyridine rings is 1. The molecule has 5 nitrogen and oxygen atoms in total. The second-order valence-electron chi connectivity index (χ2n) is 6.87. The third-order valence-corrected chi connectivity index (χ3v) is 5.10. The van der Waals surface area contributed by atoms with E-state index in [4.69, 9.17) is 0 Å². The van der Waals surface area contributed by atoms with Crippen molar-refractivity contribution < 1.29 is 13.2 Å². The molecule has 0 aliphatic carbocycles. The molecule has 0 aliphatic rings. The average Bonchev–Trinajstić information content (AvgIpc) is 3.17. The summed E-state index contributed by atoms with van der Waals surface area (Å²) >= 11 is 0. The van der Waals surface area contributed by atoms with Crippen LogP contribution in [-0.2, 0) is 0 Å². The highest BCUT2D eigenvalue weighted by Crippen LogP contribution is 2.31. The molecule has 8 heteroatoms. The van der Waals surface area contributed by atoms with Gasteiger partial charge < -0.3 is 4.57 Å². The lowest BCUT2D eigenvalue weighted by atomic mass is 10.0. The number of halogens is 3. The Kier molecular flexibility index (Phi) is 4.20. The minimum absolute atomic E-state index is 0.132. The molecule has 0 saturated heterocycles. The topological polar surface area (TPSA) is 56.5 Å². The Morgan fingerprint density at radius 3 is 2.60 bits per heavy atom. The van der Waals surface area contributed by atoms with Gasteiger partial charge >= 0.3 is 0 Å². The van der Waals surface area contributed by atoms with Crippen molar-refractivity contribution >= 4 is 22.2 Å². The Bertz CT molecular complexity index is 1410. The van der Waals surface area contributed by atoms with Crippen LogP contribution >= 0.6 is 0 Å². The minimum Gasteiger partial charge on any atom is -0.306 e. The molecule has 0 saturated carbocycles. The van der Waals surface area contributed by atoms with Gasteiger partial charge in [0.25, 0.3) is 0 Å². The molecule has 30 heavy (non-hydrogen) atoms. The lowest BCUT2D eigenvalue weighted by molar-refractivity contribution is 0.517. The predicted molar refractivity (Wildman–Crippen MR) is 106 cm³/mol. The summed E-state index contributed by atoms with van der Waals surface area (Å²) in [5.74, 6) is -1.85. The molecule has 1 unspecified atom stereocenters. The summed E-state index contributed by atoms with van der Waals surface area (Å²) in [5, 5.41) is 0.225. The highest BCUT2D eigenvalue weighted by atomic mass is 19.1. The van der Waals surface area contributed by atoms with Crippen molar-refractivity contribution in [2.75, 3.05) is 0 Å². The van der Waals surface area contributed by atoms with Crippen molar-refractivity contribution in [1.29, 1.82) is 0 Å². The summed E-state index contributed by atoms with van der Waals surface area (Å²) in [4.78, 5) is 16.9. The van der Waals surface area contributed by atoms with Gasteiger partial charge in [-0.15, -0.1) is 0 Å². The zero-order valence-corrected chi connectivity index (χ0v) is 15.7. The Morgan fingerprint density at radius 2 is 1.77 bits per heavy atom. The maximum atomic E-state index is 15.2. The fraction of sp³-hybridized carbons (Fsp3) is 0.0909. The molecule has 1 atom stereocenters. The molecule has 0 spiro atoms. The van der Waals surface area contributed by atoms with Crippen LogP contribution in [0.5, 0.6) is 0 Å². The number of hydrogen-bond donors (Lipinski definition) is 0. The standard InChI is InChI=1S/C22H14F3N5/c1-12(19-16(24)9-17-14(20(19)25)6-4-8-26-17)30-11-28-21-22(30)29-18(10-27-21)13-5-2-3-7-15(13)23/h2-12H,1H3. The van der Waals surface area contributed by atoms with Crippen LogP contribution in [0.2, 0.25) is 0 Å². The van der Waals surface area contributed by atoms with Crippen LogP contribution in [0, 0.1) is 17.5 Å². The molecule has 3 aromatic heterocycles. The van der Waals surface area contributed by atoms with Crippen LogP contribution < -0.4 is 0 Å². The highest BCUT2D eigenvalue weighted by molar-refractivity contribution is 5.80. The first kappa shape index (κ1) is 18.2. The Morgan fingerprint density at radius 1 is 0.933 bits per heavy atom. The van der Waals surface area contributed by atoms with Crippen molar-refractivity contribution in [3.63, 3.8) is 0 Å². The number of benzene rings is 2. The number of fused-ring (bicyclic) bond motifs is 2. The largest absolute Gasteiger partial charge is 0.306 e. The van der Waals surface area contributed by atoms with E-state index in [1.807, 2.05) is 0 Å². The van der Waals surface area contributed by atoms with E-state index in [2.05, 4.69) is 19.9 Å². The minimum atomic E-state index is -0.773. The molecule has 0 amide bonds. The maximum Gasteiger partial charge on any atom is 0.197 e. The van der Waals surface area contributed by atoms with E-state index < -0.39 is 23.5 Å². The summed E-state index contributed by atoms with van der Waals surface area (Å²) in [7, 11) is 0. The summed E-state index contributed by atoms with van der Waals surface area (Å²) in [5.41, 5.74) is 1.28. The van der Waals surface area contributed by atoms with Crippen molar-refractivity contribution in [2.24, 2.45) is 0 Å². The van der Waals surface area contributed by atoms with Gasteiger partial charge in [0.1, 0.15) is 17.5 Å². The average molecular weight is 405 g/mol. The first-order valence-corrected chi connectivity index (χ1v) is 9.21. The molecule has 5 aromatic rings. The zero-order chi connectivity index (χ0) is 20.8. The monoisotopic (exact) mass is 405 g/mol. The second kappa shape index (κ2) is 6.91. The van der Waals surface area contributed by atoms with E-state index in [1.165, 1.54) is 35.4 Å². The van der Waals surface area contributed by atoms with E-state index in [0.29, 0.717) is 17.0 Å². The SMILES string of the molecule is CC(c1c(F)cc2ncccc2c1F)n1cnc2ncc(-c3ccccc3F)nc21. The van der Waals surface area contributed by atoms with Crippen LogP contribution in [0.3, 0.4) is 0 Å². The molecular weight excluding hydrogens is 391 g/mol. The predicted octanol–water partition coefficient (Wildman–Crippen LogP) is 5.07. The van der Waals surface area contributed by atoms with Crippen LogP contribution in [0.4, 0.5) is 13.2 Å². The van der Waals surface area contributed by atoms with Crippen LogP contribution in [0.15, 0.2) is 61.2 Å². The molecule has 0 radical (unpaired) electrons. The smallest absolute Gasteiger partial charge is 0.197 e. The Hall–Kier alpha value is -3.81. The summed E-state index contributed by atoms with van der Waals surface area (Å²) in [6.45, 7) is 1.64. The summed E-state index contributed by atoms with van der Waals surface area (Å²) < 4.78 is 45.7. The lowest BCUT2D eigenvalue weighted by Crippen LogP contribution is -2.11. The van der Waals surface area contributed by atoms with Gasteiger partial charge in [-0.05, 0) is 31.2 Å². The fourth-order valence-electron chi connectivity index (χ4n) is 3.58. The Balaban J connectivity index is 1.68. The van der Waals surface area contributed by atoms with Crippen molar-refractivity contribution in [2.45, 2.75) is 13.0 Å². The number of nitrogens with zero attached hydrogens (tertiary/aromatic N) is 5. The summed E-state index contributed by atoms with van der Waals surface area (Å²) in [6.07, 6.45) is 4.33. The third kappa shape index (κ3) is 2.80. The molecular formula is C22H14F3N5. The number of hydrogen-bond acceptors (Lipinski definition) is 4. The van der Waals surface area contributed by atoms with Crippen molar-refractivity contribution in [3.05, 3.63) is 84.2 Å². The van der Waals surface area contributed by atoms with E-state index in [1.54, 1.807) is 37.3 Å². The van der Waals surface area contributed by atoms with Gasteiger partial charge in [0.15, 0.2) is 11.3 Å². The molecule has 0 bridgehead atoms. The van der Waals surface area contributed by atoms with Crippen LogP contribution in [-0.4, -0.2) is 24.5 Å². The van der Waals surface area contributed by atoms with E-state index in [9.17, 15) is 8.78 Å². The van der Waals surface area contributed by atoms with Gasteiger partial charge in [-0.3, -0.25) is 4.98 Å². The zero-order valence-electron chi connectivity index (χ0n) is 15.7. The second-order valence-corrected chi connectivity index (χ2v) is 6.87. The highest BCUT2D eigenvalue weighted by Gasteiger charge is 2.23. The van der Waals surface area contributed by atoms with Gasteiger partial charge in [0, 0.05) is 28.8 Å². The van der Waals surface area contributed by atoms with Crippen molar-refractivity contribution in [3.8, 4) is 11.3 Å². The molecule has 0 aliphatic heterocycles. The van der Waals surface area contributed by atoms with Gasteiger partial charge in [0.2, 0.25) is 0 Å². The maximum absolute atomic E-state index is 15.2. The molecule has 2 aromatic carbocycles. The molecule has 0 N–H and O–H groups in total. The summed E-state index contributed by atoms with van der Waals surface area (Å²) in [6, 6.07) is 9.77. The van der Waals surface area contributed by atoms with Gasteiger partial charge in [-0.1, -0.05) is 12.1 Å². The molecule has 5 rings (SSSR count). The molecule has 3 heterocycles.